The van der Waals surface area contributed by atoms with Crippen LogP contribution in [0.25, 0.3) is 22.3 Å². The van der Waals surface area contributed by atoms with Gasteiger partial charge in [0.1, 0.15) is 17.1 Å². The third kappa shape index (κ3) is 3.97. The van der Waals surface area contributed by atoms with E-state index in [1.165, 1.54) is 20.4 Å². The Bertz CT molecular complexity index is 1470. The van der Waals surface area contributed by atoms with Crippen molar-refractivity contribution in [3.63, 3.8) is 0 Å². The Kier molecular flexibility index (Phi) is 5.97. The lowest BCUT2D eigenvalue weighted by Gasteiger charge is -2.09. The van der Waals surface area contributed by atoms with E-state index in [1.54, 1.807) is 11.6 Å². The molecule has 0 fully saturated rings. The molecule has 0 bridgehead atoms. The number of carbonyl (C=O) groups excluding carboxylic acids is 1. The van der Waals surface area contributed by atoms with E-state index in [9.17, 15) is 9.59 Å². The van der Waals surface area contributed by atoms with E-state index in [2.05, 4.69) is 21.3 Å². The molecule has 0 atom stereocenters. The molecule has 0 aliphatic carbocycles. The first-order valence-corrected chi connectivity index (χ1v) is 11.0. The molecule has 5 N–H and O–H groups in total. The highest BCUT2D eigenvalue weighted by molar-refractivity contribution is 7.15. The van der Waals surface area contributed by atoms with E-state index in [4.69, 9.17) is 17.9 Å². The molecule has 10 heteroatoms. The molecule has 4 heterocycles. The summed E-state index contributed by atoms with van der Waals surface area (Å²) in [6.07, 6.45) is 9.76. The van der Waals surface area contributed by atoms with Crippen LogP contribution in [0.5, 0.6) is 0 Å². The lowest BCUT2D eigenvalue weighted by atomic mass is 10.0. The number of nitrogens with two attached hydrogens (primary N) is 2. The second-order valence-corrected chi connectivity index (χ2v) is 7.86. The van der Waals surface area contributed by atoms with Crippen molar-refractivity contribution in [3.8, 4) is 23.5 Å². The molecule has 1 amide bonds. The van der Waals surface area contributed by atoms with Crippen LogP contribution in [0.1, 0.15) is 28.7 Å². The molecule has 5 rings (SSSR count). The standard InChI is InChI=1S/C16H12N2OS.C7H9N5O/c1-3-12-10-20-16-17-13(4-2)14(15(19)18(12)16)11-8-6-5-7-9-11;8-5-4(6(9)13)7-10-2-1-3-12(7)11-5/h1,5-10H,4H2,2H3;1,3,10H,2H2,(H2,8,11)(H2,9,13). The average molecular weight is 460 g/mol. The lowest BCUT2D eigenvalue weighted by molar-refractivity contribution is 0.100. The van der Waals surface area contributed by atoms with E-state index in [0.717, 1.165) is 11.3 Å². The predicted molar refractivity (Wildman–Crippen MR) is 131 cm³/mol. The van der Waals surface area contributed by atoms with Gasteiger partial charge in [-0.05, 0) is 18.1 Å². The molecule has 1 aromatic carbocycles. The second-order valence-electron chi connectivity index (χ2n) is 7.02. The van der Waals surface area contributed by atoms with Crippen LogP contribution in [-0.2, 0) is 6.42 Å². The van der Waals surface area contributed by atoms with Crippen LogP contribution in [0.4, 0.5) is 11.6 Å². The topological polar surface area (TPSA) is 133 Å². The first-order valence-electron chi connectivity index (χ1n) is 10.1. The molecule has 0 radical (unpaired) electrons. The van der Waals surface area contributed by atoms with Gasteiger partial charge >= 0.3 is 0 Å². The maximum absolute atomic E-state index is 12.8. The molecule has 33 heavy (non-hydrogen) atoms. The number of anilines is 2. The Morgan fingerprint density at radius 1 is 1.33 bits per heavy atom. The summed E-state index contributed by atoms with van der Waals surface area (Å²) in [6, 6.07) is 9.60. The summed E-state index contributed by atoms with van der Waals surface area (Å²) < 4.78 is 3.02. The van der Waals surface area contributed by atoms with Gasteiger partial charge in [-0.25, -0.2) is 14.1 Å². The summed E-state index contributed by atoms with van der Waals surface area (Å²) in [4.78, 5) is 29.0. The molecule has 166 valence electrons. The number of carbonyl (C=O) groups is 1. The quantitative estimate of drug-likeness (QED) is 0.403. The van der Waals surface area contributed by atoms with E-state index < -0.39 is 5.91 Å². The number of terminal acetylenes is 1. The molecule has 3 aromatic heterocycles. The van der Waals surface area contributed by atoms with E-state index in [0.29, 0.717) is 35.0 Å². The van der Waals surface area contributed by atoms with Crippen molar-refractivity contribution in [2.24, 2.45) is 5.73 Å². The molecule has 0 saturated carbocycles. The number of nitrogen functional groups attached to an aromatic ring is 1. The van der Waals surface area contributed by atoms with E-state index in [1.807, 2.05) is 43.3 Å². The average Bonchev–Trinajstić information content (AvgIpc) is 3.39. The normalized spacial score (nSPS) is 11.8. The van der Waals surface area contributed by atoms with Crippen molar-refractivity contribution < 1.29 is 4.79 Å². The van der Waals surface area contributed by atoms with Crippen molar-refractivity contribution in [1.29, 1.82) is 0 Å². The SMILES string of the molecule is C#Cc1csc2nc(CC)c(-c3ccccc3)c(=O)n12.NC(=O)c1c(N)nn2c1NCC=C2. The molecule has 4 aromatic rings. The van der Waals surface area contributed by atoms with Crippen LogP contribution < -0.4 is 22.3 Å². The van der Waals surface area contributed by atoms with Crippen molar-refractivity contribution in [3.05, 3.63) is 69.1 Å². The zero-order valence-electron chi connectivity index (χ0n) is 17.8. The fourth-order valence-corrected chi connectivity index (χ4v) is 4.37. The van der Waals surface area contributed by atoms with Gasteiger partial charge in [-0.3, -0.25) is 9.59 Å². The Hall–Kier alpha value is -4.36. The minimum absolute atomic E-state index is 0.0905. The maximum Gasteiger partial charge on any atom is 0.267 e. The molecule has 9 nitrogen and oxygen atoms in total. The minimum atomic E-state index is -0.568. The van der Waals surface area contributed by atoms with Crippen LogP contribution >= 0.6 is 11.3 Å². The fraction of sp³-hybridized carbons (Fsp3) is 0.130. The first-order chi connectivity index (χ1) is 16.0. The third-order valence-corrected chi connectivity index (χ3v) is 5.83. The van der Waals surface area contributed by atoms with Gasteiger partial charge in [0.15, 0.2) is 10.8 Å². The van der Waals surface area contributed by atoms with Crippen LogP contribution in [0, 0.1) is 12.3 Å². The van der Waals surface area contributed by atoms with Gasteiger partial charge in [-0.15, -0.1) is 22.9 Å². The van der Waals surface area contributed by atoms with Crippen molar-refractivity contribution in [2.75, 3.05) is 17.6 Å². The highest BCUT2D eigenvalue weighted by Gasteiger charge is 2.20. The number of aryl methyl sites for hydroxylation is 1. The van der Waals surface area contributed by atoms with Crippen molar-refractivity contribution >= 4 is 40.0 Å². The minimum Gasteiger partial charge on any atom is -0.381 e. The Labute approximate surface area is 193 Å². The summed E-state index contributed by atoms with van der Waals surface area (Å²) in [5, 5.41) is 8.67. The van der Waals surface area contributed by atoms with Gasteiger partial charge in [0.2, 0.25) is 0 Å². The number of nitrogens with one attached hydrogen (secondary N) is 1. The second kappa shape index (κ2) is 9.02. The zero-order valence-corrected chi connectivity index (χ0v) is 18.6. The van der Waals surface area contributed by atoms with Gasteiger partial charge in [0, 0.05) is 18.1 Å². The van der Waals surface area contributed by atoms with Crippen LogP contribution in [0.15, 0.2) is 46.6 Å². The first kappa shape index (κ1) is 21.9. The van der Waals surface area contributed by atoms with Gasteiger partial charge < -0.3 is 16.8 Å². The molecule has 1 aliphatic heterocycles. The monoisotopic (exact) mass is 459 g/mol. The molecular formula is C23H21N7O2S. The molecule has 1 aliphatic rings. The molecular weight excluding hydrogens is 438 g/mol. The number of amides is 1. The summed E-state index contributed by atoms with van der Waals surface area (Å²) in [5.41, 5.74) is 13.7. The number of nitrogens with zero attached hydrogens (tertiary/aromatic N) is 4. The van der Waals surface area contributed by atoms with Crippen LogP contribution in [0.3, 0.4) is 0 Å². The summed E-state index contributed by atoms with van der Waals surface area (Å²) >= 11 is 1.40. The number of hydrogen-bond acceptors (Lipinski definition) is 7. The summed E-state index contributed by atoms with van der Waals surface area (Å²) in [7, 11) is 0. The lowest BCUT2D eigenvalue weighted by Crippen LogP contribution is -2.19. The molecule has 0 saturated heterocycles. The Morgan fingerprint density at radius 3 is 2.76 bits per heavy atom. The van der Waals surface area contributed by atoms with Gasteiger partial charge in [-0.1, -0.05) is 43.2 Å². The number of thiazole rings is 1. The number of aromatic nitrogens is 4. The van der Waals surface area contributed by atoms with Gasteiger partial charge in [0.05, 0.1) is 11.3 Å². The number of fused-ring (bicyclic) bond motifs is 2. The fourth-order valence-electron chi connectivity index (χ4n) is 3.53. The Morgan fingerprint density at radius 2 is 2.09 bits per heavy atom. The van der Waals surface area contributed by atoms with Crippen molar-refractivity contribution in [2.45, 2.75) is 13.3 Å². The van der Waals surface area contributed by atoms with Crippen LogP contribution in [-0.4, -0.2) is 31.6 Å². The smallest absolute Gasteiger partial charge is 0.267 e. The predicted octanol–water partition coefficient (Wildman–Crippen LogP) is 2.43. The highest BCUT2D eigenvalue weighted by atomic mass is 32.1. The maximum atomic E-state index is 12.8. The molecule has 0 spiro atoms. The largest absolute Gasteiger partial charge is 0.381 e. The van der Waals surface area contributed by atoms with Gasteiger partial charge in [-0.2, -0.15) is 0 Å². The van der Waals surface area contributed by atoms with Crippen LogP contribution in [0.2, 0.25) is 0 Å². The zero-order chi connectivity index (χ0) is 23.5. The van der Waals surface area contributed by atoms with Crippen molar-refractivity contribution in [1.82, 2.24) is 19.2 Å². The van der Waals surface area contributed by atoms with E-state index >= 15 is 0 Å². The molecule has 0 unspecified atom stereocenters. The number of hydrogen-bond donors (Lipinski definition) is 3. The number of primary amides is 1. The van der Waals surface area contributed by atoms with E-state index in [-0.39, 0.29) is 16.9 Å². The Balaban J connectivity index is 0.000000172. The number of rotatable bonds is 3. The third-order valence-electron chi connectivity index (χ3n) is 5.01. The van der Waals surface area contributed by atoms with Gasteiger partial charge in [0.25, 0.3) is 11.5 Å². The highest BCUT2D eigenvalue weighted by Crippen LogP contribution is 2.24. The summed E-state index contributed by atoms with van der Waals surface area (Å²) in [6.45, 7) is 2.64. The summed E-state index contributed by atoms with van der Waals surface area (Å²) in [5.74, 6) is 2.69. The number of benzene rings is 1.